The summed E-state index contributed by atoms with van der Waals surface area (Å²) < 4.78 is 6.45. The number of piperidine rings is 1. The van der Waals surface area contributed by atoms with E-state index in [0.29, 0.717) is 18.7 Å². The van der Waals surface area contributed by atoms with E-state index in [1.165, 1.54) is 0 Å². The van der Waals surface area contributed by atoms with Gasteiger partial charge in [0.05, 0.1) is 11.8 Å². The molecule has 0 bridgehead atoms. The highest BCUT2D eigenvalue weighted by Crippen LogP contribution is 2.21. The van der Waals surface area contributed by atoms with Crippen LogP contribution < -0.4 is 5.73 Å². The molecule has 2 N–H and O–H groups in total. The number of methoxy groups -OCH3 is 1. The Hall–Kier alpha value is -0.200. The predicted octanol–water partition coefficient (Wildman–Crippen LogP) is 2.20. The summed E-state index contributed by atoms with van der Waals surface area (Å²) in [6, 6.07) is 4.48. The summed E-state index contributed by atoms with van der Waals surface area (Å²) >= 11 is 3.40. The van der Waals surface area contributed by atoms with E-state index in [2.05, 4.69) is 31.9 Å². The molecule has 2 rings (SSSR count). The number of halogens is 2. The highest BCUT2D eigenvalue weighted by Gasteiger charge is 2.27. The fourth-order valence-corrected chi connectivity index (χ4v) is 2.67. The Bertz CT molecular complexity index is 377. The number of nitrogens with two attached hydrogens (primary N) is 1. The van der Waals surface area contributed by atoms with Crippen LogP contribution in [0.3, 0.4) is 0 Å². The number of rotatable bonds is 4. The van der Waals surface area contributed by atoms with Crippen LogP contribution in [-0.2, 0) is 11.3 Å². The minimum absolute atomic E-state index is 0. The van der Waals surface area contributed by atoms with Gasteiger partial charge in [0.25, 0.3) is 0 Å². The summed E-state index contributed by atoms with van der Waals surface area (Å²) in [4.78, 5) is 6.83. The Morgan fingerprint density at radius 3 is 2.89 bits per heavy atom. The van der Waals surface area contributed by atoms with Crippen molar-refractivity contribution in [3.63, 3.8) is 0 Å². The molecule has 0 radical (unpaired) electrons. The van der Waals surface area contributed by atoms with E-state index in [4.69, 9.17) is 10.5 Å². The van der Waals surface area contributed by atoms with Crippen LogP contribution >= 0.6 is 28.3 Å². The molecule has 2 unspecified atom stereocenters. The fourth-order valence-electron chi connectivity index (χ4n) is 2.44. The lowest BCUT2D eigenvalue weighted by Gasteiger charge is -2.38. The van der Waals surface area contributed by atoms with E-state index in [1.54, 1.807) is 7.11 Å². The van der Waals surface area contributed by atoms with Crippen LogP contribution in [0.4, 0.5) is 0 Å². The average molecular weight is 351 g/mol. The van der Waals surface area contributed by atoms with Gasteiger partial charge in [-0.05, 0) is 40.9 Å². The van der Waals surface area contributed by atoms with E-state index < -0.39 is 0 Å². The van der Waals surface area contributed by atoms with Crippen LogP contribution in [0.25, 0.3) is 0 Å². The first-order chi connectivity index (χ1) is 8.72. The van der Waals surface area contributed by atoms with Crippen molar-refractivity contribution in [1.29, 1.82) is 0 Å². The number of aromatic nitrogens is 1. The SMILES string of the molecule is COC1CCN(Cc2ccc(Br)cn2)C(CN)C1.Cl. The van der Waals surface area contributed by atoms with Gasteiger partial charge in [-0.25, -0.2) is 0 Å². The van der Waals surface area contributed by atoms with E-state index in [0.717, 1.165) is 36.1 Å². The van der Waals surface area contributed by atoms with Crippen molar-refractivity contribution in [1.82, 2.24) is 9.88 Å². The van der Waals surface area contributed by atoms with Crippen molar-refractivity contribution in [2.45, 2.75) is 31.5 Å². The number of hydrogen-bond acceptors (Lipinski definition) is 4. The molecule has 108 valence electrons. The third-order valence-corrected chi connectivity index (χ3v) is 4.02. The van der Waals surface area contributed by atoms with Crippen molar-refractivity contribution in [2.75, 3.05) is 20.2 Å². The maximum absolute atomic E-state index is 5.86. The molecule has 2 atom stereocenters. The highest BCUT2D eigenvalue weighted by atomic mass is 79.9. The van der Waals surface area contributed by atoms with Crippen LogP contribution in [-0.4, -0.2) is 42.2 Å². The van der Waals surface area contributed by atoms with Gasteiger partial charge in [0.15, 0.2) is 0 Å². The molecular weight excluding hydrogens is 330 g/mol. The van der Waals surface area contributed by atoms with Crippen molar-refractivity contribution < 1.29 is 4.74 Å². The first-order valence-electron chi connectivity index (χ1n) is 6.30. The number of ether oxygens (including phenoxy) is 1. The van der Waals surface area contributed by atoms with Crippen molar-refractivity contribution >= 4 is 28.3 Å². The number of hydrogen-bond donors (Lipinski definition) is 1. The Kier molecular flexibility index (Phi) is 7.25. The lowest BCUT2D eigenvalue weighted by molar-refractivity contribution is 0.00978. The zero-order valence-corrected chi connectivity index (χ0v) is 13.5. The molecule has 0 amide bonds. The molecule has 0 aliphatic carbocycles. The molecule has 1 aliphatic heterocycles. The largest absolute Gasteiger partial charge is 0.381 e. The van der Waals surface area contributed by atoms with Gasteiger partial charge in [-0.1, -0.05) is 0 Å². The lowest BCUT2D eigenvalue weighted by Crippen LogP contribution is -2.48. The first kappa shape index (κ1) is 16.9. The second-order valence-corrected chi connectivity index (χ2v) is 5.63. The molecule has 1 fully saturated rings. The minimum Gasteiger partial charge on any atom is -0.381 e. The molecule has 6 heteroatoms. The van der Waals surface area contributed by atoms with E-state index in [9.17, 15) is 0 Å². The van der Waals surface area contributed by atoms with Gasteiger partial charge in [0.1, 0.15) is 0 Å². The van der Waals surface area contributed by atoms with Gasteiger partial charge in [-0.2, -0.15) is 0 Å². The van der Waals surface area contributed by atoms with Crippen LogP contribution in [0.2, 0.25) is 0 Å². The molecule has 1 aromatic heterocycles. The Morgan fingerprint density at radius 1 is 1.53 bits per heavy atom. The number of pyridine rings is 1. The summed E-state index contributed by atoms with van der Waals surface area (Å²) in [6.07, 6.45) is 4.29. The standard InChI is InChI=1S/C13H20BrN3O.ClH/c1-18-13-4-5-17(12(6-13)7-15)9-11-3-2-10(14)8-16-11;/h2-3,8,12-13H,4-7,9,15H2,1H3;1H. The average Bonchev–Trinajstić information content (AvgIpc) is 2.41. The maximum atomic E-state index is 5.86. The molecule has 4 nitrogen and oxygen atoms in total. The molecular formula is C13H21BrClN3O. The molecule has 19 heavy (non-hydrogen) atoms. The molecule has 1 aliphatic rings. The smallest absolute Gasteiger partial charge is 0.0599 e. The van der Waals surface area contributed by atoms with Gasteiger partial charge in [-0.3, -0.25) is 9.88 Å². The van der Waals surface area contributed by atoms with Gasteiger partial charge in [0.2, 0.25) is 0 Å². The lowest BCUT2D eigenvalue weighted by atomic mass is 9.99. The van der Waals surface area contributed by atoms with E-state index in [-0.39, 0.29) is 12.4 Å². The maximum Gasteiger partial charge on any atom is 0.0599 e. The Labute approximate surface area is 129 Å². The van der Waals surface area contributed by atoms with Crippen molar-refractivity contribution in [2.24, 2.45) is 5.73 Å². The Balaban J connectivity index is 0.00000180. The highest BCUT2D eigenvalue weighted by molar-refractivity contribution is 9.10. The summed E-state index contributed by atoms with van der Waals surface area (Å²) in [7, 11) is 1.78. The molecule has 1 saturated heterocycles. The number of likely N-dealkylation sites (tertiary alicyclic amines) is 1. The molecule has 0 spiro atoms. The molecule has 2 heterocycles. The molecule has 1 aromatic rings. The Morgan fingerprint density at radius 2 is 2.32 bits per heavy atom. The van der Waals surface area contributed by atoms with Gasteiger partial charge in [-0.15, -0.1) is 12.4 Å². The van der Waals surface area contributed by atoms with E-state index >= 15 is 0 Å². The summed E-state index contributed by atoms with van der Waals surface area (Å²) in [5.74, 6) is 0. The van der Waals surface area contributed by atoms with Crippen molar-refractivity contribution in [3.05, 3.63) is 28.5 Å². The molecule has 0 saturated carbocycles. The summed E-state index contributed by atoms with van der Waals surface area (Å²) in [6.45, 7) is 2.57. The monoisotopic (exact) mass is 349 g/mol. The zero-order chi connectivity index (χ0) is 13.0. The first-order valence-corrected chi connectivity index (χ1v) is 7.09. The van der Waals surface area contributed by atoms with Crippen LogP contribution in [0.1, 0.15) is 18.5 Å². The predicted molar refractivity (Wildman–Crippen MR) is 82.5 cm³/mol. The van der Waals surface area contributed by atoms with Gasteiger partial charge >= 0.3 is 0 Å². The number of nitrogens with zero attached hydrogens (tertiary/aromatic N) is 2. The third-order valence-electron chi connectivity index (χ3n) is 3.55. The normalized spacial score (nSPS) is 23.9. The fraction of sp³-hybridized carbons (Fsp3) is 0.615. The van der Waals surface area contributed by atoms with Crippen molar-refractivity contribution in [3.8, 4) is 0 Å². The second kappa shape index (κ2) is 8.17. The molecule has 0 aromatic carbocycles. The zero-order valence-electron chi connectivity index (χ0n) is 11.1. The summed E-state index contributed by atoms with van der Waals surface area (Å²) in [5, 5.41) is 0. The summed E-state index contributed by atoms with van der Waals surface area (Å²) in [5.41, 5.74) is 6.95. The quantitative estimate of drug-likeness (QED) is 0.904. The van der Waals surface area contributed by atoms with Gasteiger partial charge < -0.3 is 10.5 Å². The van der Waals surface area contributed by atoms with Crippen LogP contribution in [0, 0.1) is 0 Å². The van der Waals surface area contributed by atoms with Crippen LogP contribution in [0.5, 0.6) is 0 Å². The van der Waals surface area contributed by atoms with Crippen LogP contribution in [0.15, 0.2) is 22.8 Å². The minimum atomic E-state index is 0. The van der Waals surface area contributed by atoms with Gasteiger partial charge in [0, 0.05) is 43.5 Å². The topological polar surface area (TPSA) is 51.4 Å². The third kappa shape index (κ3) is 4.68. The second-order valence-electron chi connectivity index (χ2n) is 4.71. The van der Waals surface area contributed by atoms with E-state index in [1.807, 2.05) is 12.3 Å².